The Morgan fingerprint density at radius 1 is 0.674 bits per heavy atom. The Morgan fingerprint density at radius 3 is 1.44 bits per heavy atom. The van der Waals surface area contributed by atoms with Crippen molar-refractivity contribution in [2.24, 2.45) is 34.5 Å². The molecular weight excluding hydrogens is 662 g/mol. The Morgan fingerprint density at radius 2 is 1.07 bits per heavy atom. The molecule has 2 saturated carbocycles. The van der Waals surface area contributed by atoms with Crippen LogP contribution in [0.2, 0.25) is 0 Å². The third-order valence-corrected chi connectivity index (χ3v) is 15.5. The summed E-state index contributed by atoms with van der Waals surface area (Å²) in [5.74, 6) is 5.72. The van der Waals surface area contributed by atoms with E-state index in [1.807, 2.05) is 0 Å². The molecule has 0 amide bonds. The van der Waals surface area contributed by atoms with Crippen molar-refractivity contribution in [3.8, 4) is 11.5 Å². The number of nitrogens with one attached hydrogen (secondary N) is 1. The van der Waals surface area contributed by atoms with Gasteiger partial charge in [0.2, 0.25) is 0 Å². The molecule has 232 valence electrons. The van der Waals surface area contributed by atoms with Gasteiger partial charge in [0, 0.05) is 12.8 Å². The van der Waals surface area contributed by atoms with Gasteiger partial charge in [-0.1, -0.05) is 53.7 Å². The van der Waals surface area contributed by atoms with Crippen LogP contribution < -0.4 is 14.8 Å². The van der Waals surface area contributed by atoms with Crippen molar-refractivity contribution in [1.29, 1.82) is 0 Å². The number of rotatable bonds is 2. The molecule has 2 fully saturated rings. The topological polar surface area (TPSA) is 30.5 Å². The van der Waals surface area contributed by atoms with Crippen LogP contribution in [-0.4, -0.2) is 0 Å². The first-order valence-corrected chi connectivity index (χ1v) is 18.7. The molecule has 4 aliphatic carbocycles. The van der Waals surface area contributed by atoms with Crippen LogP contribution in [0.5, 0.6) is 11.5 Å². The van der Waals surface area contributed by atoms with E-state index in [2.05, 4.69) is 105 Å². The molecule has 0 radical (unpaired) electrons. The molecule has 0 unspecified atom stereocenters. The third kappa shape index (κ3) is 3.74. The second kappa shape index (κ2) is 9.28. The molecule has 2 aromatic carbocycles. The highest BCUT2D eigenvalue weighted by molar-refractivity contribution is 9.11. The zero-order chi connectivity index (χ0) is 30.4. The maximum absolute atomic E-state index is 7.61. The van der Waals surface area contributed by atoms with Gasteiger partial charge in [0.1, 0.15) is 11.5 Å². The fourth-order valence-corrected chi connectivity index (χ4v) is 12.1. The average molecular weight is 712 g/mol. The van der Waals surface area contributed by atoms with Gasteiger partial charge in [-0.25, -0.2) is 5.32 Å². The van der Waals surface area contributed by atoms with E-state index in [1.54, 1.807) is 0 Å². The zero-order valence-electron chi connectivity index (χ0n) is 27.3. The summed E-state index contributed by atoms with van der Waals surface area (Å²) in [6.45, 7) is 19.4. The molecule has 8 atom stereocenters. The lowest BCUT2D eigenvalue weighted by molar-refractivity contribution is -0.141. The summed E-state index contributed by atoms with van der Waals surface area (Å²) in [5, 5.41) is 4.26. The lowest BCUT2D eigenvalue weighted by Gasteiger charge is -2.55. The van der Waals surface area contributed by atoms with E-state index in [0.29, 0.717) is 35.5 Å². The van der Waals surface area contributed by atoms with Crippen LogP contribution >= 0.6 is 31.9 Å². The van der Waals surface area contributed by atoms with Crippen molar-refractivity contribution < 1.29 is 9.47 Å². The molecule has 8 rings (SSSR count). The average Bonchev–Trinajstić information content (AvgIpc) is 3.43. The SMILES string of the molecule is Cc1cc2c3c(c1Br)O[C@@]14CC[C@]5(C)CC[C@H](C(C)C)[C@@H]5c5cc(C)c(Br)c(c51)O[C@]3(CC[C@]1(C)CC[C@H](C(C)C)[C@H]21)N4. The molecule has 2 aromatic rings. The molecule has 43 heavy (non-hydrogen) atoms. The minimum atomic E-state index is -0.619. The predicted octanol–water partition coefficient (Wildman–Crippen LogP) is 11.1. The zero-order valence-corrected chi connectivity index (χ0v) is 30.5. The molecule has 0 saturated heterocycles. The van der Waals surface area contributed by atoms with Crippen LogP contribution in [0.25, 0.3) is 0 Å². The van der Waals surface area contributed by atoms with Gasteiger partial charge in [0.15, 0.2) is 11.4 Å². The molecule has 6 aliphatic rings. The van der Waals surface area contributed by atoms with Crippen molar-refractivity contribution >= 4 is 31.9 Å². The molecule has 2 heterocycles. The van der Waals surface area contributed by atoms with Gasteiger partial charge >= 0.3 is 0 Å². The Labute approximate surface area is 275 Å². The summed E-state index contributed by atoms with van der Waals surface area (Å²) in [7, 11) is 0. The van der Waals surface area contributed by atoms with Crippen LogP contribution in [0, 0.1) is 48.3 Å². The van der Waals surface area contributed by atoms with Crippen LogP contribution in [-0.2, 0) is 11.4 Å². The number of benzene rings is 2. The number of fused-ring (bicyclic) bond motifs is 4. The van der Waals surface area contributed by atoms with Gasteiger partial charge < -0.3 is 9.47 Å². The van der Waals surface area contributed by atoms with E-state index in [9.17, 15) is 0 Å². The Kier molecular flexibility index (Phi) is 6.34. The highest BCUT2D eigenvalue weighted by Gasteiger charge is 2.65. The Hall–Kier alpha value is -1.04. The fraction of sp³-hybridized carbons (Fsp3) is 0.684. The van der Waals surface area contributed by atoms with E-state index in [0.717, 1.165) is 46.1 Å². The number of aryl methyl sites for hydroxylation is 2. The quantitative estimate of drug-likeness (QED) is 0.336. The summed E-state index contributed by atoms with van der Waals surface area (Å²) in [6, 6.07) is 4.98. The number of ether oxygens (including phenoxy) is 2. The molecule has 5 heteroatoms. The summed E-state index contributed by atoms with van der Waals surface area (Å²) in [5.41, 5.74) is 7.31. The predicted molar refractivity (Wildman–Crippen MR) is 181 cm³/mol. The van der Waals surface area contributed by atoms with E-state index in [1.165, 1.54) is 59.1 Å². The van der Waals surface area contributed by atoms with Gasteiger partial charge in [0.25, 0.3) is 0 Å². The first kappa shape index (κ1) is 29.4. The summed E-state index contributed by atoms with van der Waals surface area (Å²) >= 11 is 8.17. The fourth-order valence-electron chi connectivity index (χ4n) is 11.3. The van der Waals surface area contributed by atoms with Crippen molar-refractivity contribution in [3.63, 3.8) is 0 Å². The normalized spacial score (nSPS) is 40.2. The van der Waals surface area contributed by atoms with Gasteiger partial charge in [-0.3, -0.25) is 0 Å². The van der Waals surface area contributed by atoms with Crippen molar-refractivity contribution in [2.75, 3.05) is 0 Å². The van der Waals surface area contributed by atoms with E-state index in [4.69, 9.17) is 9.47 Å². The van der Waals surface area contributed by atoms with Crippen LogP contribution in [0.15, 0.2) is 21.1 Å². The van der Waals surface area contributed by atoms with Gasteiger partial charge in [-0.05, 0) is 153 Å². The Balaban J connectivity index is 1.42. The van der Waals surface area contributed by atoms with E-state index >= 15 is 0 Å². The second-order valence-electron chi connectivity index (χ2n) is 16.7. The smallest absolute Gasteiger partial charge is 0.194 e. The van der Waals surface area contributed by atoms with Gasteiger partial charge in [0.05, 0.1) is 20.1 Å². The van der Waals surface area contributed by atoms with Crippen LogP contribution in [0.3, 0.4) is 0 Å². The summed E-state index contributed by atoms with van der Waals surface area (Å²) in [6.07, 6.45) is 9.39. The molecule has 3 nitrogen and oxygen atoms in total. The van der Waals surface area contributed by atoms with Crippen molar-refractivity contribution in [2.45, 2.75) is 130 Å². The number of hydrogen-bond donors (Lipinski definition) is 1. The van der Waals surface area contributed by atoms with E-state index in [-0.39, 0.29) is 10.8 Å². The standard InChI is InChI=1S/C38H49Br2NO2/c1-19(2)23-9-11-35(7)13-15-37-29-25(27(23)35)17-21(5)31(39)33(29)42-38(41-37)16-14-36(8)12-10-24(20(3)4)28(36)26-18-22(6)32(40)34(43-37)30(26)38/h17-20,23-24,27-28,41H,9-16H2,1-8H3/t23-,24-,27-,28-,35+,36+,37+,38+/m1/s1. The molecule has 1 N–H and O–H groups in total. The molecule has 2 aliphatic heterocycles. The minimum Gasteiger partial charge on any atom is -0.467 e. The lowest BCUT2D eigenvalue weighted by Crippen LogP contribution is -2.66. The summed E-state index contributed by atoms with van der Waals surface area (Å²) in [4.78, 5) is 0. The molecular formula is C38H49Br2NO2. The minimum absolute atomic E-state index is 0.251. The third-order valence-electron chi connectivity index (χ3n) is 13.6. The molecule has 2 spiro atoms. The highest BCUT2D eigenvalue weighted by atomic mass is 79.9. The monoisotopic (exact) mass is 709 g/mol. The first-order valence-electron chi connectivity index (χ1n) is 17.1. The first-order chi connectivity index (χ1) is 20.2. The largest absolute Gasteiger partial charge is 0.467 e. The molecule has 0 aromatic heterocycles. The lowest BCUT2D eigenvalue weighted by atomic mass is 9.69. The van der Waals surface area contributed by atoms with Crippen molar-refractivity contribution in [1.82, 2.24) is 5.32 Å². The highest BCUT2D eigenvalue weighted by Crippen LogP contribution is 2.69. The number of hydrogen-bond acceptors (Lipinski definition) is 3. The number of halogens is 2. The summed E-state index contributed by atoms with van der Waals surface area (Å²) < 4.78 is 17.4. The van der Waals surface area contributed by atoms with Crippen molar-refractivity contribution in [3.05, 3.63) is 54.5 Å². The Bertz CT molecular complexity index is 1440. The maximum Gasteiger partial charge on any atom is 0.194 e. The van der Waals surface area contributed by atoms with Gasteiger partial charge in [-0.15, -0.1) is 0 Å². The second-order valence-corrected chi connectivity index (χ2v) is 18.3. The van der Waals surface area contributed by atoms with E-state index < -0.39 is 11.4 Å². The van der Waals surface area contributed by atoms with Crippen LogP contribution in [0.4, 0.5) is 0 Å². The van der Waals surface area contributed by atoms with Crippen LogP contribution in [0.1, 0.15) is 138 Å². The molecule has 2 bridgehead atoms. The maximum atomic E-state index is 7.61. The van der Waals surface area contributed by atoms with Gasteiger partial charge in [-0.2, -0.15) is 0 Å².